The predicted octanol–water partition coefficient (Wildman–Crippen LogP) is 4.31. The Bertz CT molecular complexity index is 817. The first-order chi connectivity index (χ1) is 14.6. The quantitative estimate of drug-likeness (QED) is 0.743. The van der Waals surface area contributed by atoms with E-state index in [0.29, 0.717) is 39.1 Å². The van der Waals surface area contributed by atoms with Crippen LogP contribution in [0.3, 0.4) is 0 Å². The van der Waals surface area contributed by atoms with Gasteiger partial charge in [-0.3, -0.25) is 4.90 Å². The zero-order chi connectivity index (χ0) is 22.2. The predicted molar refractivity (Wildman–Crippen MR) is 120 cm³/mol. The molecule has 1 N–H and O–H groups in total. The molecule has 2 saturated heterocycles. The molecular weight excluding hydrogens is 416 g/mol. The van der Waals surface area contributed by atoms with E-state index in [1.54, 1.807) is 0 Å². The maximum Gasteiger partial charge on any atom is 0.410 e. The summed E-state index contributed by atoms with van der Waals surface area (Å²) in [6.45, 7) is 9.95. The summed E-state index contributed by atoms with van der Waals surface area (Å²) in [5, 5.41) is 11.7. The molecule has 0 unspecified atom stereocenters. The van der Waals surface area contributed by atoms with E-state index in [1.165, 1.54) is 11.1 Å². The van der Waals surface area contributed by atoms with Crippen LogP contribution in [0.4, 0.5) is 4.79 Å². The number of carbonyl (C=O) groups excluding carboxylic acids is 1. The van der Waals surface area contributed by atoms with Gasteiger partial charge in [-0.25, -0.2) is 4.79 Å². The van der Waals surface area contributed by atoms with Crippen molar-refractivity contribution in [2.45, 2.75) is 76.7 Å². The molecule has 7 heteroatoms. The van der Waals surface area contributed by atoms with Gasteiger partial charge in [-0.2, -0.15) is 0 Å². The molecule has 31 heavy (non-hydrogen) atoms. The van der Waals surface area contributed by atoms with Crippen LogP contribution in [0.5, 0.6) is 0 Å². The van der Waals surface area contributed by atoms with Crippen LogP contribution in [0.1, 0.15) is 69.2 Å². The van der Waals surface area contributed by atoms with Gasteiger partial charge in [-0.1, -0.05) is 11.6 Å². The van der Waals surface area contributed by atoms with Gasteiger partial charge >= 0.3 is 6.09 Å². The first-order valence-corrected chi connectivity index (χ1v) is 11.8. The maximum absolute atomic E-state index is 12.9. The summed E-state index contributed by atoms with van der Waals surface area (Å²) >= 11 is 6.51. The van der Waals surface area contributed by atoms with E-state index in [0.717, 1.165) is 42.9 Å². The number of benzene rings is 1. The van der Waals surface area contributed by atoms with Crippen molar-refractivity contribution in [3.8, 4) is 0 Å². The van der Waals surface area contributed by atoms with Gasteiger partial charge in [-0.05, 0) is 68.9 Å². The highest BCUT2D eigenvalue weighted by atomic mass is 35.5. The summed E-state index contributed by atoms with van der Waals surface area (Å²) in [4.78, 5) is 17.1. The Labute approximate surface area is 190 Å². The third kappa shape index (κ3) is 5.36. The Kier molecular flexibility index (Phi) is 6.55. The molecule has 3 aliphatic rings. The molecule has 0 spiro atoms. The highest BCUT2D eigenvalue weighted by Crippen LogP contribution is 2.39. The van der Waals surface area contributed by atoms with Crippen molar-refractivity contribution in [2.75, 3.05) is 32.8 Å². The summed E-state index contributed by atoms with van der Waals surface area (Å²) in [7, 11) is 0. The van der Waals surface area contributed by atoms with E-state index in [4.69, 9.17) is 21.1 Å². The van der Waals surface area contributed by atoms with Crippen LogP contribution >= 0.6 is 11.6 Å². The second-order valence-corrected chi connectivity index (χ2v) is 10.7. The molecule has 0 bridgehead atoms. The van der Waals surface area contributed by atoms with E-state index in [9.17, 15) is 9.90 Å². The van der Waals surface area contributed by atoms with Crippen molar-refractivity contribution in [3.05, 3.63) is 33.8 Å². The minimum absolute atomic E-state index is 0.0200. The minimum atomic E-state index is -0.682. The van der Waals surface area contributed by atoms with Gasteiger partial charge < -0.3 is 19.5 Å². The number of fused-ring (bicyclic) bond motifs is 1. The van der Waals surface area contributed by atoms with E-state index in [2.05, 4.69) is 11.0 Å². The van der Waals surface area contributed by atoms with Crippen LogP contribution in [0.25, 0.3) is 0 Å². The lowest BCUT2D eigenvalue weighted by atomic mass is 9.88. The Balaban J connectivity index is 1.57. The van der Waals surface area contributed by atoms with Gasteiger partial charge in [0.25, 0.3) is 0 Å². The molecule has 1 atom stereocenters. The van der Waals surface area contributed by atoms with E-state index >= 15 is 0 Å². The van der Waals surface area contributed by atoms with E-state index < -0.39 is 11.2 Å². The largest absolute Gasteiger partial charge is 0.444 e. The normalized spacial score (nSPS) is 24.2. The van der Waals surface area contributed by atoms with Gasteiger partial charge in [0.15, 0.2) is 0 Å². The number of nitrogens with zero attached hydrogens (tertiary/aromatic N) is 2. The van der Waals surface area contributed by atoms with Crippen LogP contribution in [0.15, 0.2) is 12.1 Å². The molecule has 4 rings (SSSR count). The fourth-order valence-electron chi connectivity index (χ4n) is 5.10. The molecule has 1 aromatic carbocycles. The van der Waals surface area contributed by atoms with Gasteiger partial charge in [0, 0.05) is 57.3 Å². The number of halogens is 1. The van der Waals surface area contributed by atoms with Gasteiger partial charge in [0.05, 0.1) is 11.6 Å². The number of amides is 1. The number of rotatable bonds is 3. The summed E-state index contributed by atoms with van der Waals surface area (Å²) in [5.41, 5.74) is 2.45. The smallest absolute Gasteiger partial charge is 0.410 e. The highest BCUT2D eigenvalue weighted by molar-refractivity contribution is 6.30. The first kappa shape index (κ1) is 22.8. The number of hydrogen-bond donors (Lipinski definition) is 1. The SMILES string of the molecule is CC(C)(C)OC(=O)N1CCC[C@H]1c1cc(Cl)cc2c1CN(CC1(O)CCOCC1)CC2. The van der Waals surface area contributed by atoms with Crippen LogP contribution in [-0.2, 0) is 22.4 Å². The zero-order valence-electron chi connectivity index (χ0n) is 19.0. The summed E-state index contributed by atoms with van der Waals surface area (Å²) in [6.07, 6.45) is 3.86. The molecule has 0 aromatic heterocycles. The number of ether oxygens (including phenoxy) is 2. The van der Waals surface area contributed by atoms with Gasteiger partial charge in [-0.15, -0.1) is 0 Å². The molecule has 3 aliphatic heterocycles. The number of likely N-dealkylation sites (tertiary alicyclic amines) is 1. The lowest BCUT2D eigenvalue weighted by Gasteiger charge is -2.40. The Morgan fingerprint density at radius 2 is 2.03 bits per heavy atom. The van der Waals surface area contributed by atoms with Crippen molar-refractivity contribution >= 4 is 17.7 Å². The molecular formula is C24H35ClN2O4. The van der Waals surface area contributed by atoms with Crippen LogP contribution in [0, 0.1) is 0 Å². The molecule has 0 aliphatic carbocycles. The lowest BCUT2D eigenvalue weighted by molar-refractivity contribution is -0.0815. The summed E-state index contributed by atoms with van der Waals surface area (Å²) in [6, 6.07) is 4.07. The zero-order valence-corrected chi connectivity index (χ0v) is 19.7. The maximum atomic E-state index is 12.9. The van der Waals surface area contributed by atoms with Crippen molar-refractivity contribution in [1.82, 2.24) is 9.80 Å². The fraction of sp³-hybridized carbons (Fsp3) is 0.708. The van der Waals surface area contributed by atoms with Crippen molar-refractivity contribution in [2.24, 2.45) is 0 Å². The molecule has 172 valence electrons. The Morgan fingerprint density at radius 1 is 1.29 bits per heavy atom. The second-order valence-electron chi connectivity index (χ2n) is 10.3. The number of carbonyl (C=O) groups is 1. The number of hydrogen-bond acceptors (Lipinski definition) is 5. The monoisotopic (exact) mass is 450 g/mol. The molecule has 0 saturated carbocycles. The van der Waals surface area contributed by atoms with Crippen LogP contribution in [-0.4, -0.2) is 65.0 Å². The summed E-state index contributed by atoms with van der Waals surface area (Å²) < 4.78 is 11.1. The highest BCUT2D eigenvalue weighted by Gasteiger charge is 2.37. The molecule has 3 heterocycles. The van der Waals surface area contributed by atoms with Gasteiger partial charge in [0.1, 0.15) is 5.60 Å². The Morgan fingerprint density at radius 3 is 2.74 bits per heavy atom. The average molecular weight is 451 g/mol. The van der Waals surface area contributed by atoms with E-state index in [-0.39, 0.29) is 12.1 Å². The minimum Gasteiger partial charge on any atom is -0.444 e. The van der Waals surface area contributed by atoms with Gasteiger partial charge in [0.2, 0.25) is 0 Å². The number of β-amino-alcohol motifs (C(OH)–C–C–N with tert-alkyl or cyclic N) is 1. The van der Waals surface area contributed by atoms with E-state index in [1.807, 2.05) is 31.7 Å². The average Bonchev–Trinajstić information content (AvgIpc) is 3.16. The third-order valence-electron chi connectivity index (χ3n) is 6.60. The Hall–Kier alpha value is -1.34. The van der Waals surface area contributed by atoms with Crippen LogP contribution in [0.2, 0.25) is 5.02 Å². The second kappa shape index (κ2) is 8.89. The van der Waals surface area contributed by atoms with Crippen molar-refractivity contribution < 1.29 is 19.4 Å². The lowest BCUT2D eigenvalue weighted by Crippen LogP contribution is -2.48. The molecule has 1 aromatic rings. The third-order valence-corrected chi connectivity index (χ3v) is 6.82. The fourth-order valence-corrected chi connectivity index (χ4v) is 5.35. The van der Waals surface area contributed by atoms with Crippen LogP contribution < -0.4 is 0 Å². The molecule has 1 amide bonds. The standard InChI is InChI=1S/C24H35ClN2O4/c1-23(2,3)31-22(28)27-9-4-5-21(27)19-14-18(25)13-17-6-10-26(15-20(17)19)16-24(29)7-11-30-12-8-24/h13-14,21,29H,4-12,15-16H2,1-3H3/t21-/m0/s1. The van der Waals surface area contributed by atoms with Crippen molar-refractivity contribution in [3.63, 3.8) is 0 Å². The molecule has 6 nitrogen and oxygen atoms in total. The molecule has 2 fully saturated rings. The number of aliphatic hydroxyl groups is 1. The molecule has 0 radical (unpaired) electrons. The van der Waals surface area contributed by atoms with Crippen molar-refractivity contribution in [1.29, 1.82) is 0 Å². The summed E-state index contributed by atoms with van der Waals surface area (Å²) in [5.74, 6) is 0. The first-order valence-electron chi connectivity index (χ1n) is 11.5. The topological polar surface area (TPSA) is 62.2 Å².